The molecule has 1 aliphatic rings. The molecule has 24 heavy (non-hydrogen) atoms. The van der Waals surface area contributed by atoms with Crippen molar-refractivity contribution >= 4 is 33.5 Å². The van der Waals surface area contributed by atoms with Gasteiger partial charge in [0.1, 0.15) is 4.90 Å². The van der Waals surface area contributed by atoms with Gasteiger partial charge in [0.25, 0.3) is 5.71 Å². The second kappa shape index (κ2) is 7.35. The summed E-state index contributed by atoms with van der Waals surface area (Å²) in [6, 6.07) is 1.60. The average molecular weight is 375 g/mol. The first kappa shape index (κ1) is 19.1. The molecule has 7 nitrogen and oxygen atoms in total. The quantitative estimate of drug-likeness (QED) is 0.877. The van der Waals surface area contributed by atoms with E-state index in [9.17, 15) is 8.42 Å². The fourth-order valence-electron chi connectivity index (χ4n) is 3.03. The summed E-state index contributed by atoms with van der Waals surface area (Å²) in [6.07, 6.45) is 3.80. The van der Waals surface area contributed by atoms with Crippen molar-refractivity contribution in [3.63, 3.8) is 0 Å². The van der Waals surface area contributed by atoms with Gasteiger partial charge in [-0.25, -0.2) is 13.4 Å². The molecule has 2 aromatic heterocycles. The standard InChI is InChI=1S/C15H22N4O3S.ClH/c1-3-14-13-7-12(8-17-15(13)22-18-14)23(20,21)19-6-4-5-11(9-19)10(2)16;/h7-8,10-11H,3-6,9,16H2,1-2H3;1H. The highest BCUT2D eigenvalue weighted by atomic mass is 35.5. The first-order valence-electron chi connectivity index (χ1n) is 7.93. The third-order valence-corrected chi connectivity index (χ3v) is 6.35. The minimum Gasteiger partial charge on any atom is -0.336 e. The molecule has 0 saturated carbocycles. The molecule has 0 radical (unpaired) electrons. The third-order valence-electron chi connectivity index (χ3n) is 4.52. The van der Waals surface area contributed by atoms with Crippen LogP contribution in [0.1, 0.15) is 32.4 Å². The molecule has 0 spiro atoms. The van der Waals surface area contributed by atoms with E-state index in [0.29, 0.717) is 30.6 Å². The molecular weight excluding hydrogens is 352 g/mol. The molecule has 0 aliphatic carbocycles. The summed E-state index contributed by atoms with van der Waals surface area (Å²) < 4.78 is 32.5. The van der Waals surface area contributed by atoms with Gasteiger partial charge < -0.3 is 10.3 Å². The maximum Gasteiger partial charge on any atom is 0.258 e. The number of aryl methyl sites for hydroxylation is 1. The number of pyridine rings is 1. The molecule has 1 saturated heterocycles. The predicted molar refractivity (Wildman–Crippen MR) is 93.6 cm³/mol. The zero-order valence-electron chi connectivity index (χ0n) is 13.8. The Balaban J connectivity index is 0.00000208. The van der Waals surface area contributed by atoms with Crippen LogP contribution in [-0.4, -0.2) is 42.0 Å². The number of nitrogens with two attached hydrogens (primary N) is 1. The fraction of sp³-hybridized carbons (Fsp3) is 0.600. The molecule has 3 rings (SSSR count). The van der Waals surface area contributed by atoms with Crippen LogP contribution in [0.4, 0.5) is 0 Å². The van der Waals surface area contributed by atoms with Crippen LogP contribution in [-0.2, 0) is 16.4 Å². The van der Waals surface area contributed by atoms with Gasteiger partial charge in [0, 0.05) is 19.1 Å². The second-order valence-corrected chi connectivity index (χ2v) is 8.07. The van der Waals surface area contributed by atoms with Crippen molar-refractivity contribution < 1.29 is 12.9 Å². The van der Waals surface area contributed by atoms with E-state index in [0.717, 1.165) is 18.5 Å². The Hall–Kier alpha value is -1.22. The van der Waals surface area contributed by atoms with Crippen molar-refractivity contribution in [1.29, 1.82) is 0 Å². The summed E-state index contributed by atoms with van der Waals surface area (Å²) in [5, 5.41) is 4.58. The number of hydrogen-bond donors (Lipinski definition) is 1. The molecule has 134 valence electrons. The minimum atomic E-state index is -3.58. The highest BCUT2D eigenvalue weighted by Gasteiger charge is 2.32. The van der Waals surface area contributed by atoms with Crippen LogP contribution in [0.25, 0.3) is 11.1 Å². The molecule has 1 fully saturated rings. The maximum atomic E-state index is 12.9. The second-order valence-electron chi connectivity index (χ2n) is 6.13. The van der Waals surface area contributed by atoms with Gasteiger partial charge in [-0.2, -0.15) is 4.31 Å². The summed E-state index contributed by atoms with van der Waals surface area (Å²) in [5.41, 5.74) is 7.04. The summed E-state index contributed by atoms with van der Waals surface area (Å²) in [7, 11) is -3.58. The topological polar surface area (TPSA) is 102 Å². The number of piperidine rings is 1. The van der Waals surface area contributed by atoms with Gasteiger partial charge in [-0.1, -0.05) is 12.1 Å². The Morgan fingerprint density at radius 1 is 1.50 bits per heavy atom. The zero-order valence-corrected chi connectivity index (χ0v) is 15.4. The Bertz CT molecular complexity index is 806. The van der Waals surface area contributed by atoms with Crippen LogP contribution >= 0.6 is 12.4 Å². The van der Waals surface area contributed by atoms with Crippen molar-refractivity contribution in [2.24, 2.45) is 11.7 Å². The van der Waals surface area contributed by atoms with E-state index in [1.807, 2.05) is 13.8 Å². The predicted octanol–water partition coefficient (Wildman–Crippen LogP) is 1.95. The third kappa shape index (κ3) is 3.42. The van der Waals surface area contributed by atoms with Crippen LogP contribution in [0.15, 0.2) is 21.7 Å². The molecule has 2 aromatic rings. The number of aromatic nitrogens is 2. The first-order valence-corrected chi connectivity index (χ1v) is 9.37. The van der Waals surface area contributed by atoms with E-state index in [1.54, 1.807) is 6.07 Å². The lowest BCUT2D eigenvalue weighted by molar-refractivity contribution is 0.243. The summed E-state index contributed by atoms with van der Waals surface area (Å²) >= 11 is 0. The molecule has 2 unspecified atom stereocenters. The van der Waals surface area contributed by atoms with Gasteiger partial charge in [-0.05, 0) is 38.2 Å². The van der Waals surface area contributed by atoms with E-state index in [1.165, 1.54) is 10.5 Å². The monoisotopic (exact) mass is 374 g/mol. The summed E-state index contributed by atoms with van der Waals surface area (Å²) in [6.45, 7) is 4.85. The van der Waals surface area contributed by atoms with Gasteiger partial charge >= 0.3 is 0 Å². The number of halogens is 1. The smallest absolute Gasteiger partial charge is 0.258 e. The van der Waals surface area contributed by atoms with Crippen LogP contribution in [0, 0.1) is 5.92 Å². The largest absolute Gasteiger partial charge is 0.336 e. The Kier molecular flexibility index (Phi) is 5.85. The van der Waals surface area contributed by atoms with Crippen molar-refractivity contribution in [3.05, 3.63) is 18.0 Å². The summed E-state index contributed by atoms with van der Waals surface area (Å²) in [5.74, 6) is 0.192. The normalized spacial score (nSPS) is 20.7. The average Bonchev–Trinajstić information content (AvgIpc) is 2.97. The molecule has 2 N–H and O–H groups in total. The lowest BCUT2D eigenvalue weighted by Gasteiger charge is -2.33. The van der Waals surface area contributed by atoms with Gasteiger partial charge in [0.05, 0.1) is 17.3 Å². The van der Waals surface area contributed by atoms with Gasteiger partial charge in [-0.3, -0.25) is 0 Å². The molecule has 2 atom stereocenters. The first-order chi connectivity index (χ1) is 10.9. The van der Waals surface area contributed by atoms with Gasteiger partial charge in [-0.15, -0.1) is 12.4 Å². The van der Waals surface area contributed by atoms with E-state index in [4.69, 9.17) is 10.3 Å². The molecule has 0 bridgehead atoms. The number of sulfonamides is 1. The Morgan fingerprint density at radius 2 is 2.25 bits per heavy atom. The zero-order chi connectivity index (χ0) is 16.6. The summed E-state index contributed by atoms with van der Waals surface area (Å²) in [4.78, 5) is 4.29. The van der Waals surface area contributed by atoms with Crippen molar-refractivity contribution in [3.8, 4) is 0 Å². The number of nitrogens with zero attached hydrogens (tertiary/aromatic N) is 3. The molecule has 3 heterocycles. The molecular formula is C15H23ClN4O3S. The van der Waals surface area contributed by atoms with E-state index in [-0.39, 0.29) is 29.3 Å². The minimum absolute atomic E-state index is 0. The number of fused-ring (bicyclic) bond motifs is 1. The van der Waals surface area contributed by atoms with E-state index in [2.05, 4.69) is 10.1 Å². The van der Waals surface area contributed by atoms with Crippen molar-refractivity contribution in [1.82, 2.24) is 14.4 Å². The van der Waals surface area contributed by atoms with E-state index >= 15 is 0 Å². The maximum absolute atomic E-state index is 12.9. The fourth-order valence-corrected chi connectivity index (χ4v) is 4.53. The van der Waals surface area contributed by atoms with Crippen molar-refractivity contribution in [2.45, 2.75) is 44.0 Å². The lowest BCUT2D eigenvalue weighted by Crippen LogP contribution is -2.44. The molecule has 9 heteroatoms. The number of rotatable bonds is 4. The van der Waals surface area contributed by atoms with Gasteiger partial charge in [0.15, 0.2) is 0 Å². The van der Waals surface area contributed by atoms with Crippen LogP contribution in [0.2, 0.25) is 0 Å². The van der Waals surface area contributed by atoms with Crippen molar-refractivity contribution in [2.75, 3.05) is 13.1 Å². The SMILES string of the molecule is CCc1noc2ncc(S(=O)(=O)N3CCCC(C(C)N)C3)cc12.Cl. The Labute approximate surface area is 148 Å². The van der Waals surface area contributed by atoms with Crippen LogP contribution < -0.4 is 5.73 Å². The van der Waals surface area contributed by atoms with Crippen LogP contribution in [0.3, 0.4) is 0 Å². The Morgan fingerprint density at radius 3 is 2.92 bits per heavy atom. The van der Waals surface area contributed by atoms with Gasteiger partial charge in [0.2, 0.25) is 10.0 Å². The number of hydrogen-bond acceptors (Lipinski definition) is 6. The van der Waals surface area contributed by atoms with E-state index < -0.39 is 10.0 Å². The molecule has 1 aliphatic heterocycles. The molecule has 0 aromatic carbocycles. The lowest BCUT2D eigenvalue weighted by atomic mass is 9.93. The highest BCUT2D eigenvalue weighted by molar-refractivity contribution is 7.89. The van der Waals surface area contributed by atoms with Crippen LogP contribution in [0.5, 0.6) is 0 Å². The molecule has 0 amide bonds. The highest BCUT2D eigenvalue weighted by Crippen LogP contribution is 2.27.